The highest BCUT2D eigenvalue weighted by Gasteiger charge is 2.31. The van der Waals surface area contributed by atoms with Gasteiger partial charge in [-0.15, -0.1) is 0 Å². The van der Waals surface area contributed by atoms with Crippen LogP contribution in [0.25, 0.3) is 0 Å². The second-order valence-electron chi connectivity index (χ2n) is 3.52. The molecule has 0 aromatic heterocycles. The SMILES string of the molecule is C=CC(=O)OC(C)(C=C)CC1OCCO1. The van der Waals surface area contributed by atoms with Gasteiger partial charge < -0.3 is 14.2 Å². The van der Waals surface area contributed by atoms with Gasteiger partial charge in [0, 0.05) is 12.5 Å². The summed E-state index contributed by atoms with van der Waals surface area (Å²) in [6.07, 6.45) is 2.80. The molecule has 1 saturated heterocycles. The van der Waals surface area contributed by atoms with Crippen molar-refractivity contribution in [2.45, 2.75) is 25.2 Å². The largest absolute Gasteiger partial charge is 0.452 e. The summed E-state index contributed by atoms with van der Waals surface area (Å²) in [6.45, 7) is 9.89. The fourth-order valence-electron chi connectivity index (χ4n) is 1.29. The zero-order valence-electron chi connectivity index (χ0n) is 8.90. The van der Waals surface area contributed by atoms with Crippen LogP contribution in [0.4, 0.5) is 0 Å². The van der Waals surface area contributed by atoms with E-state index in [9.17, 15) is 4.79 Å². The van der Waals surface area contributed by atoms with Crippen LogP contribution in [0.15, 0.2) is 25.3 Å². The van der Waals surface area contributed by atoms with Gasteiger partial charge in [-0.3, -0.25) is 0 Å². The zero-order chi connectivity index (χ0) is 11.3. The molecule has 1 fully saturated rings. The normalized spacial score (nSPS) is 20.6. The van der Waals surface area contributed by atoms with Crippen molar-refractivity contribution in [3.05, 3.63) is 25.3 Å². The molecule has 0 aromatic carbocycles. The second-order valence-corrected chi connectivity index (χ2v) is 3.52. The summed E-state index contributed by atoms with van der Waals surface area (Å²) in [5, 5.41) is 0. The molecule has 0 radical (unpaired) electrons. The van der Waals surface area contributed by atoms with Gasteiger partial charge in [-0.05, 0) is 13.0 Å². The van der Waals surface area contributed by atoms with E-state index in [1.165, 1.54) is 0 Å². The Morgan fingerprint density at radius 2 is 2.13 bits per heavy atom. The molecule has 0 amide bonds. The highest BCUT2D eigenvalue weighted by molar-refractivity contribution is 5.81. The van der Waals surface area contributed by atoms with Gasteiger partial charge in [0.25, 0.3) is 0 Å². The van der Waals surface area contributed by atoms with Crippen molar-refractivity contribution in [2.24, 2.45) is 0 Å². The molecule has 0 N–H and O–H groups in total. The van der Waals surface area contributed by atoms with E-state index in [1.807, 2.05) is 0 Å². The summed E-state index contributed by atoms with van der Waals surface area (Å²) in [5.74, 6) is -0.476. The van der Waals surface area contributed by atoms with Crippen LogP contribution in [-0.2, 0) is 19.0 Å². The van der Waals surface area contributed by atoms with Gasteiger partial charge in [-0.2, -0.15) is 0 Å². The maximum atomic E-state index is 11.1. The third-order valence-electron chi connectivity index (χ3n) is 2.20. The van der Waals surface area contributed by atoms with Crippen LogP contribution in [0.2, 0.25) is 0 Å². The van der Waals surface area contributed by atoms with E-state index in [1.54, 1.807) is 13.0 Å². The van der Waals surface area contributed by atoms with E-state index in [2.05, 4.69) is 13.2 Å². The third-order valence-corrected chi connectivity index (χ3v) is 2.20. The molecule has 0 bridgehead atoms. The van der Waals surface area contributed by atoms with Crippen LogP contribution in [0.5, 0.6) is 0 Å². The van der Waals surface area contributed by atoms with Gasteiger partial charge in [0.05, 0.1) is 13.2 Å². The summed E-state index contributed by atoms with van der Waals surface area (Å²) in [7, 11) is 0. The number of ether oxygens (including phenoxy) is 3. The summed E-state index contributed by atoms with van der Waals surface area (Å²) in [6, 6.07) is 0. The first kappa shape index (κ1) is 11.9. The average Bonchev–Trinajstić information content (AvgIpc) is 2.70. The molecule has 1 aliphatic rings. The van der Waals surface area contributed by atoms with E-state index < -0.39 is 11.6 Å². The third kappa shape index (κ3) is 3.49. The predicted octanol–water partition coefficient (Wildman–Crippen LogP) is 1.42. The van der Waals surface area contributed by atoms with Crippen molar-refractivity contribution >= 4 is 5.97 Å². The van der Waals surface area contributed by atoms with Crippen molar-refractivity contribution in [3.63, 3.8) is 0 Å². The fraction of sp³-hybridized carbons (Fsp3) is 0.545. The molecule has 15 heavy (non-hydrogen) atoms. The van der Waals surface area contributed by atoms with Crippen LogP contribution in [-0.4, -0.2) is 31.1 Å². The number of carbonyl (C=O) groups is 1. The number of rotatable bonds is 5. The Hall–Kier alpha value is -1.13. The van der Waals surface area contributed by atoms with Gasteiger partial charge in [0.1, 0.15) is 5.60 Å². The lowest BCUT2D eigenvalue weighted by Crippen LogP contribution is -2.33. The van der Waals surface area contributed by atoms with E-state index in [4.69, 9.17) is 14.2 Å². The summed E-state index contributed by atoms with van der Waals surface area (Å²) < 4.78 is 15.7. The molecule has 1 rings (SSSR count). The summed E-state index contributed by atoms with van der Waals surface area (Å²) in [5.41, 5.74) is -0.777. The molecule has 4 nitrogen and oxygen atoms in total. The predicted molar refractivity (Wildman–Crippen MR) is 55.2 cm³/mol. The lowest BCUT2D eigenvalue weighted by atomic mass is 10.0. The number of esters is 1. The van der Waals surface area contributed by atoms with Gasteiger partial charge >= 0.3 is 5.97 Å². The average molecular weight is 212 g/mol. The van der Waals surface area contributed by atoms with Crippen molar-refractivity contribution < 1.29 is 19.0 Å². The Morgan fingerprint density at radius 3 is 2.60 bits per heavy atom. The molecule has 84 valence electrons. The standard InChI is InChI=1S/C11H16O4/c1-4-9(12)15-11(3,5-2)8-10-13-6-7-14-10/h4-5,10H,1-2,6-8H2,3H3. The number of hydrogen-bond donors (Lipinski definition) is 0. The van der Waals surface area contributed by atoms with Crippen LogP contribution < -0.4 is 0 Å². The monoisotopic (exact) mass is 212 g/mol. The minimum absolute atomic E-state index is 0.328. The quantitative estimate of drug-likeness (QED) is 0.393. The van der Waals surface area contributed by atoms with Crippen LogP contribution in [0, 0.1) is 0 Å². The molecule has 0 aliphatic carbocycles. The maximum absolute atomic E-state index is 11.1. The van der Waals surface area contributed by atoms with Crippen molar-refractivity contribution in [1.29, 1.82) is 0 Å². The molecular formula is C11H16O4. The lowest BCUT2D eigenvalue weighted by molar-refractivity contribution is -0.155. The summed E-state index contributed by atoms with van der Waals surface area (Å²) >= 11 is 0. The smallest absolute Gasteiger partial charge is 0.331 e. The first-order chi connectivity index (χ1) is 7.09. The highest BCUT2D eigenvalue weighted by Crippen LogP contribution is 2.23. The first-order valence-electron chi connectivity index (χ1n) is 4.82. The minimum Gasteiger partial charge on any atom is -0.452 e. The molecule has 0 saturated carbocycles. The van der Waals surface area contributed by atoms with Gasteiger partial charge in [-0.25, -0.2) is 4.79 Å². The van der Waals surface area contributed by atoms with Crippen LogP contribution >= 0.6 is 0 Å². The van der Waals surface area contributed by atoms with Gasteiger partial charge in [0.2, 0.25) is 0 Å². The van der Waals surface area contributed by atoms with E-state index in [-0.39, 0.29) is 6.29 Å². The summed E-state index contributed by atoms with van der Waals surface area (Å²) in [4.78, 5) is 11.1. The van der Waals surface area contributed by atoms with E-state index >= 15 is 0 Å². The van der Waals surface area contributed by atoms with E-state index in [0.29, 0.717) is 19.6 Å². The van der Waals surface area contributed by atoms with Gasteiger partial charge in [-0.1, -0.05) is 13.2 Å². The van der Waals surface area contributed by atoms with E-state index in [0.717, 1.165) is 6.08 Å². The Bertz CT molecular complexity index is 255. The number of hydrogen-bond acceptors (Lipinski definition) is 4. The Morgan fingerprint density at radius 1 is 1.53 bits per heavy atom. The van der Waals surface area contributed by atoms with Gasteiger partial charge in [0.15, 0.2) is 6.29 Å². The highest BCUT2D eigenvalue weighted by atomic mass is 16.7. The molecule has 1 atom stereocenters. The Kier molecular flexibility index (Phi) is 4.05. The Labute approximate surface area is 89.5 Å². The molecule has 1 heterocycles. The molecular weight excluding hydrogens is 196 g/mol. The molecule has 1 unspecified atom stereocenters. The van der Waals surface area contributed by atoms with Crippen LogP contribution in [0.1, 0.15) is 13.3 Å². The van der Waals surface area contributed by atoms with Crippen molar-refractivity contribution in [2.75, 3.05) is 13.2 Å². The molecule has 0 spiro atoms. The first-order valence-corrected chi connectivity index (χ1v) is 4.82. The second kappa shape index (κ2) is 5.09. The van der Waals surface area contributed by atoms with Crippen molar-refractivity contribution in [3.8, 4) is 0 Å². The van der Waals surface area contributed by atoms with Crippen molar-refractivity contribution in [1.82, 2.24) is 0 Å². The number of carbonyl (C=O) groups excluding carboxylic acids is 1. The molecule has 0 aromatic rings. The van der Waals surface area contributed by atoms with Crippen LogP contribution in [0.3, 0.4) is 0 Å². The minimum atomic E-state index is -0.777. The topological polar surface area (TPSA) is 44.8 Å². The molecule has 4 heteroatoms. The fourth-order valence-corrected chi connectivity index (χ4v) is 1.29. The lowest BCUT2D eigenvalue weighted by Gasteiger charge is -2.27. The maximum Gasteiger partial charge on any atom is 0.331 e. The zero-order valence-corrected chi connectivity index (χ0v) is 8.90. The molecule has 1 aliphatic heterocycles. The Balaban J connectivity index is 2.54.